The van der Waals surface area contributed by atoms with Gasteiger partial charge < -0.3 is 0 Å². The minimum Gasteiger partial charge on any atom is -0.0791 e. The fraction of sp³-hybridized carbons (Fsp3) is 0.701. The van der Waals surface area contributed by atoms with Crippen molar-refractivity contribution in [3.63, 3.8) is 0 Å². The average Bonchev–Trinajstić information content (AvgIpc) is 2.98. The lowest BCUT2D eigenvalue weighted by molar-refractivity contribution is 0.502. The van der Waals surface area contributed by atoms with Crippen molar-refractivity contribution in [2.45, 2.75) is 256 Å². The van der Waals surface area contributed by atoms with Gasteiger partial charge in [0, 0.05) is 0 Å². The summed E-state index contributed by atoms with van der Waals surface area (Å²) in [5.41, 5.74) is 12.5. The van der Waals surface area contributed by atoms with E-state index in [0.29, 0.717) is 5.41 Å². The van der Waals surface area contributed by atoms with E-state index in [1.807, 2.05) is 0 Å². The lowest BCUT2D eigenvalue weighted by Gasteiger charge is -2.20. The maximum atomic E-state index is 2.34. The summed E-state index contributed by atoms with van der Waals surface area (Å²) in [7, 11) is 0. The third kappa shape index (κ3) is 63.4. The second-order valence-electron chi connectivity index (χ2n) is 30.5. The molecule has 0 spiro atoms. The van der Waals surface area contributed by atoms with Crippen molar-refractivity contribution in [2.24, 2.45) is 54.1 Å². The van der Waals surface area contributed by atoms with Crippen LogP contribution in [0, 0.1) is 54.1 Å². The summed E-state index contributed by atoms with van der Waals surface area (Å²) in [5, 5.41) is 0. The van der Waals surface area contributed by atoms with E-state index >= 15 is 0 Å². The van der Waals surface area contributed by atoms with Crippen LogP contribution in [0.5, 0.6) is 0 Å². The molecule has 0 unspecified atom stereocenters. The van der Waals surface area contributed by atoms with Gasteiger partial charge in [0.05, 0.1) is 0 Å². The quantitative estimate of drug-likeness (QED) is 0.241. The molecule has 0 saturated heterocycles. The topological polar surface area (TPSA) is 0 Å². The van der Waals surface area contributed by atoms with Crippen LogP contribution >= 0.6 is 0 Å². The Labute approximate surface area is 426 Å². The zero-order valence-corrected chi connectivity index (χ0v) is 53.0. The molecule has 0 amide bonds. The molecule has 0 radical (unpaired) electrons. The Balaban J connectivity index is -0.000000239. The monoisotopic (exact) mass is 929 g/mol. The molecule has 0 bridgehead atoms. The fourth-order valence-electron chi connectivity index (χ4n) is 5.77. The van der Waals surface area contributed by atoms with Crippen LogP contribution in [-0.4, -0.2) is 0 Å². The first-order valence-electron chi connectivity index (χ1n) is 25.8. The lowest BCUT2D eigenvalue weighted by atomic mass is 9.85. The summed E-state index contributed by atoms with van der Waals surface area (Å²) in [5.74, 6) is 0. The molecule has 0 heteroatoms. The normalized spacial score (nSPS) is 15.7. The zero-order valence-electron chi connectivity index (χ0n) is 53.0. The van der Waals surface area contributed by atoms with Gasteiger partial charge in [-0.15, -0.1) is 0 Å². The van der Waals surface area contributed by atoms with Gasteiger partial charge in [-0.2, -0.15) is 0 Å². The first-order valence-corrected chi connectivity index (χ1v) is 25.8. The Hall–Kier alpha value is -2.60. The van der Waals surface area contributed by atoms with E-state index in [4.69, 9.17) is 0 Å². The van der Waals surface area contributed by atoms with Gasteiger partial charge in [-0.1, -0.05) is 326 Å². The van der Waals surface area contributed by atoms with Crippen molar-refractivity contribution >= 4 is 0 Å². The maximum absolute atomic E-state index is 2.34. The van der Waals surface area contributed by atoms with Crippen molar-refractivity contribution < 1.29 is 0 Å². The van der Waals surface area contributed by atoms with E-state index in [-0.39, 0.29) is 48.7 Å². The van der Waals surface area contributed by atoms with Crippen LogP contribution in [0.3, 0.4) is 0 Å². The van der Waals surface area contributed by atoms with Crippen LogP contribution in [0.15, 0.2) is 118 Å². The van der Waals surface area contributed by atoms with E-state index in [0.717, 1.165) is 0 Å². The molecule has 392 valence electrons. The fourth-order valence-corrected chi connectivity index (χ4v) is 5.77. The van der Waals surface area contributed by atoms with Gasteiger partial charge in [0.25, 0.3) is 0 Å². The molecule has 0 aromatic rings. The molecule has 0 aliphatic heterocycles. The summed E-state index contributed by atoms with van der Waals surface area (Å²) in [6.45, 7) is 82.2. The van der Waals surface area contributed by atoms with Gasteiger partial charge in [0.1, 0.15) is 0 Å². The largest absolute Gasteiger partial charge is 0.0791 e. The standard InChI is InChI=1S/2C14H26.3C13H24/c1-11(9-13(3,4)5)12(2)10-14(6,7)8;1-11(10-13(3,4)5)9-12(2)14(6,7)8;2*1-11(10-13(5,6)7)8-9-12(2,3)4;1-11(13(5,6)7)9-8-10-12(2,3)4/h2*9-10H,1-8H3;3*8-10H,1-7H3/b11-9-,12-10-;11-10-,12-9-;2*9-8-,11-10-;10-8-,11-9-. The molecule has 0 aliphatic rings. The predicted molar refractivity (Wildman–Crippen MR) is 318 cm³/mol. The number of allylic oxidation sites excluding steroid dienone is 20. The van der Waals surface area contributed by atoms with Crippen molar-refractivity contribution in [1.82, 2.24) is 0 Å². The molecule has 0 aliphatic carbocycles. The van der Waals surface area contributed by atoms with Gasteiger partial charge in [0.15, 0.2) is 0 Å². The Morgan fingerprint density at radius 2 is 0.493 bits per heavy atom. The van der Waals surface area contributed by atoms with Crippen molar-refractivity contribution in [2.75, 3.05) is 0 Å². The van der Waals surface area contributed by atoms with E-state index in [1.165, 1.54) is 39.0 Å². The molecule has 0 fully saturated rings. The Bertz CT molecular complexity index is 1620. The van der Waals surface area contributed by atoms with E-state index in [1.54, 1.807) is 0 Å². The highest BCUT2D eigenvalue weighted by atomic mass is 14.2. The van der Waals surface area contributed by atoms with Gasteiger partial charge >= 0.3 is 0 Å². The van der Waals surface area contributed by atoms with Gasteiger partial charge in [-0.25, -0.2) is 0 Å². The second-order valence-corrected chi connectivity index (χ2v) is 30.5. The van der Waals surface area contributed by atoms with Crippen LogP contribution in [-0.2, 0) is 0 Å². The predicted octanol–water partition coefficient (Wildman–Crippen LogP) is 23.7. The maximum Gasteiger partial charge on any atom is -0.0173 e. The minimum atomic E-state index is 0.275. The van der Waals surface area contributed by atoms with Crippen LogP contribution < -0.4 is 0 Å². The van der Waals surface area contributed by atoms with Gasteiger partial charge in [-0.3, -0.25) is 0 Å². The third-order valence-corrected chi connectivity index (χ3v) is 9.35. The Morgan fingerprint density at radius 3 is 0.701 bits per heavy atom. The van der Waals surface area contributed by atoms with Gasteiger partial charge in [0.2, 0.25) is 0 Å². The summed E-state index contributed by atoms with van der Waals surface area (Å²) in [4.78, 5) is 0. The third-order valence-electron chi connectivity index (χ3n) is 9.35. The zero-order chi connectivity index (χ0) is 55.2. The van der Waals surface area contributed by atoms with Crippen molar-refractivity contribution in [3.05, 3.63) is 118 Å². The highest BCUT2D eigenvalue weighted by Crippen LogP contribution is 2.29. The SMILES string of the molecule is C/C(=C/C=C\C(C)(C)C)C(C)(C)C.CC(/C=C\C(C)(C)C)=C/C(C)(C)C.CC(/C=C\C(C)(C)C)=C/C(C)(C)C.CC(=C/C(C)(C)C)/C(C)=C\C(C)(C)C.CC(=C/C(C)(C)C)/C=C(/C)C(C)(C)C. The smallest absolute Gasteiger partial charge is 0.0173 e. The molecule has 0 aromatic carbocycles. The number of hydrogen-bond donors (Lipinski definition) is 0. The molecular formula is C67H124. The molecule has 0 aromatic heterocycles. The molecule has 0 atom stereocenters. The van der Waals surface area contributed by atoms with Crippen LogP contribution in [0.25, 0.3) is 0 Å². The highest BCUT2D eigenvalue weighted by molar-refractivity contribution is 5.30. The molecular weight excluding hydrogens is 805 g/mol. The van der Waals surface area contributed by atoms with Crippen molar-refractivity contribution in [1.29, 1.82) is 0 Å². The highest BCUT2D eigenvalue weighted by Gasteiger charge is 2.14. The molecule has 0 saturated carbocycles. The van der Waals surface area contributed by atoms with Gasteiger partial charge in [-0.05, 0) is 103 Å². The first kappa shape index (κ1) is 73.4. The Morgan fingerprint density at radius 1 is 0.254 bits per heavy atom. The molecule has 67 heavy (non-hydrogen) atoms. The first-order chi connectivity index (χ1) is 28.9. The second kappa shape index (κ2) is 29.6. The van der Waals surface area contributed by atoms with E-state index in [2.05, 4.69) is 335 Å². The summed E-state index contributed by atoms with van der Waals surface area (Å²) in [6.07, 6.45) is 29.5. The van der Waals surface area contributed by atoms with Crippen LogP contribution in [0.1, 0.15) is 256 Å². The molecule has 0 heterocycles. The number of rotatable bonds is 5. The molecule has 0 N–H and O–H groups in total. The molecule has 0 rings (SSSR count). The Kier molecular flexibility index (Phi) is 32.4. The van der Waals surface area contributed by atoms with Crippen LogP contribution in [0.4, 0.5) is 0 Å². The number of hydrogen-bond acceptors (Lipinski definition) is 0. The van der Waals surface area contributed by atoms with E-state index < -0.39 is 0 Å². The van der Waals surface area contributed by atoms with Crippen molar-refractivity contribution in [3.8, 4) is 0 Å². The summed E-state index contributed by atoms with van der Waals surface area (Å²) < 4.78 is 0. The molecule has 0 nitrogen and oxygen atoms in total. The summed E-state index contributed by atoms with van der Waals surface area (Å²) >= 11 is 0. The lowest BCUT2D eigenvalue weighted by Crippen LogP contribution is -2.07. The minimum absolute atomic E-state index is 0.275. The average molecular weight is 930 g/mol. The van der Waals surface area contributed by atoms with E-state index in [9.17, 15) is 0 Å². The van der Waals surface area contributed by atoms with Crippen LogP contribution in [0.2, 0.25) is 0 Å². The summed E-state index contributed by atoms with van der Waals surface area (Å²) in [6, 6.07) is 0.